The van der Waals surface area contributed by atoms with Gasteiger partial charge in [0.05, 0.1) is 5.57 Å². The van der Waals surface area contributed by atoms with Crippen molar-refractivity contribution in [2.75, 3.05) is 0 Å². The highest BCUT2D eigenvalue weighted by atomic mass is 16.6. The Morgan fingerprint density at radius 1 is 0.697 bits per heavy atom. The second-order valence-corrected chi connectivity index (χ2v) is 9.13. The molecule has 10 nitrogen and oxygen atoms in total. The summed E-state index contributed by atoms with van der Waals surface area (Å²) in [6.45, 7) is 0. The quantitative estimate of drug-likeness (QED) is 0.198. The summed E-state index contributed by atoms with van der Waals surface area (Å²) in [5.74, 6) is -3.62. The molecule has 0 bridgehead atoms. The van der Waals surface area contributed by atoms with Gasteiger partial charge in [-0.2, -0.15) is 0 Å². The normalized spacial score (nSPS) is 35.6. The molecular weight excluding hydrogens is 432 g/mol. The summed E-state index contributed by atoms with van der Waals surface area (Å²) in [6.07, 6.45) is 8.52. The molecule has 3 fully saturated rings. The summed E-state index contributed by atoms with van der Waals surface area (Å²) in [7, 11) is 0. The molecule has 0 radical (unpaired) electrons. The largest absolute Gasteiger partial charge is 0.875 e. The topological polar surface area (TPSA) is 161 Å². The first kappa shape index (κ1) is 22.8. The minimum absolute atomic E-state index is 0.0242. The number of fused-ring (bicyclic) bond motifs is 2. The molecule has 0 N–H and O–H groups in total. The Balaban J connectivity index is 1.43. The zero-order valence-electron chi connectivity index (χ0n) is 17.8. The van der Waals surface area contributed by atoms with Crippen molar-refractivity contribution >= 4 is 17.3 Å². The van der Waals surface area contributed by atoms with Crippen LogP contribution in [0.3, 0.4) is 0 Å². The first-order valence-electron chi connectivity index (χ1n) is 11.1. The molecule has 4 rings (SSSR count). The van der Waals surface area contributed by atoms with Gasteiger partial charge in [-0.25, -0.2) is 0 Å². The van der Waals surface area contributed by atoms with Crippen LogP contribution in [0.4, 0.5) is 0 Å². The Morgan fingerprint density at radius 3 is 1.85 bits per heavy atom. The Labute approximate surface area is 189 Å². The molecule has 33 heavy (non-hydrogen) atoms. The molecule has 0 aromatic rings. The Bertz CT molecular complexity index is 1050. The van der Waals surface area contributed by atoms with Gasteiger partial charge in [0.1, 0.15) is 0 Å². The molecule has 0 saturated heterocycles. The lowest BCUT2D eigenvalue weighted by Gasteiger charge is -2.30. The molecule has 6 unspecified atom stereocenters. The monoisotopic (exact) mass is 455 g/mol. The highest BCUT2D eigenvalue weighted by molar-refractivity contribution is 6.27. The summed E-state index contributed by atoms with van der Waals surface area (Å²) in [4.78, 5) is 59.0. The predicted octanol–water partition coefficient (Wildman–Crippen LogP) is 1.50. The number of hydrogen-bond acceptors (Lipinski definition) is 8. The van der Waals surface area contributed by atoms with Gasteiger partial charge in [0.15, 0.2) is 17.3 Å². The van der Waals surface area contributed by atoms with E-state index in [9.17, 15) is 39.7 Å². The van der Waals surface area contributed by atoms with Gasteiger partial charge < -0.3 is 5.11 Å². The van der Waals surface area contributed by atoms with Gasteiger partial charge in [0, 0.05) is 58.9 Å². The number of hydrogen-bond donors (Lipinski definition) is 0. The van der Waals surface area contributed by atoms with Crippen molar-refractivity contribution in [3.05, 3.63) is 67.5 Å². The number of Topliss-reactive ketones (excluding diaryl/α,β-unsaturated/α-hetero) is 3. The van der Waals surface area contributed by atoms with Crippen LogP contribution in [0.2, 0.25) is 0 Å². The van der Waals surface area contributed by atoms with E-state index in [0.717, 1.165) is 0 Å². The van der Waals surface area contributed by atoms with Crippen molar-refractivity contribution in [3.63, 3.8) is 0 Å². The summed E-state index contributed by atoms with van der Waals surface area (Å²) in [6, 6.07) is -1.60. The maximum atomic E-state index is 12.6. The van der Waals surface area contributed by atoms with Crippen LogP contribution in [0.1, 0.15) is 38.5 Å². The van der Waals surface area contributed by atoms with Crippen molar-refractivity contribution in [1.82, 2.24) is 0 Å². The zero-order chi connectivity index (χ0) is 23.9. The molecule has 0 aliphatic heterocycles. The number of nitrogens with zero attached hydrogens (tertiary/aromatic N) is 2. The first-order valence-corrected chi connectivity index (χ1v) is 11.1. The number of nitro groups is 2. The molecule has 3 saturated carbocycles. The van der Waals surface area contributed by atoms with Crippen LogP contribution >= 0.6 is 0 Å². The minimum atomic E-state index is -0.802. The number of ketones is 3. The Kier molecular flexibility index (Phi) is 6.09. The van der Waals surface area contributed by atoms with Crippen molar-refractivity contribution in [1.29, 1.82) is 0 Å². The third kappa shape index (κ3) is 4.05. The second-order valence-electron chi connectivity index (χ2n) is 9.13. The van der Waals surface area contributed by atoms with E-state index in [1.807, 2.05) is 0 Å². The van der Waals surface area contributed by atoms with Gasteiger partial charge in [-0.1, -0.05) is 24.3 Å². The fourth-order valence-electron chi connectivity index (χ4n) is 5.62. The average molecular weight is 455 g/mol. The van der Waals surface area contributed by atoms with E-state index in [0.29, 0.717) is 12.8 Å². The zero-order valence-corrected chi connectivity index (χ0v) is 17.8. The van der Waals surface area contributed by atoms with Crippen LogP contribution < -0.4 is 5.11 Å². The molecule has 0 aromatic carbocycles. The lowest BCUT2D eigenvalue weighted by atomic mass is 9.78. The summed E-state index contributed by atoms with van der Waals surface area (Å²) in [5.41, 5.74) is 0.0484. The smallest absolute Gasteiger partial charge is 0.213 e. The maximum Gasteiger partial charge on any atom is 0.213 e. The maximum absolute atomic E-state index is 12.6. The highest BCUT2D eigenvalue weighted by Gasteiger charge is 2.50. The lowest BCUT2D eigenvalue weighted by Crippen LogP contribution is -2.35. The fraction of sp³-hybridized carbons (Fsp3) is 0.522. The molecule has 0 spiro atoms. The number of carbonyl (C=O) groups is 3. The lowest BCUT2D eigenvalue weighted by molar-refractivity contribution is -0.529. The third-order valence-electron chi connectivity index (χ3n) is 7.40. The van der Waals surface area contributed by atoms with E-state index in [1.165, 1.54) is 30.4 Å². The van der Waals surface area contributed by atoms with Gasteiger partial charge in [0.25, 0.3) is 0 Å². The van der Waals surface area contributed by atoms with Gasteiger partial charge in [-0.05, 0) is 24.8 Å². The SMILES string of the molecule is O=C1C(=CC=CC=CC2=C([O-])C3CC([N+](=O)[O-])CCC3C2=O)C(=O)C2CC([N+](=O)[O-])CCC12. The molecule has 0 amide bonds. The summed E-state index contributed by atoms with van der Waals surface area (Å²) in [5, 5.41) is 34.7. The van der Waals surface area contributed by atoms with Gasteiger partial charge >= 0.3 is 0 Å². The van der Waals surface area contributed by atoms with Crippen molar-refractivity contribution in [2.45, 2.75) is 50.6 Å². The number of rotatable bonds is 5. The van der Waals surface area contributed by atoms with Crippen LogP contribution in [0.5, 0.6) is 0 Å². The highest BCUT2D eigenvalue weighted by Crippen LogP contribution is 2.43. The van der Waals surface area contributed by atoms with Crippen LogP contribution in [0, 0.1) is 43.9 Å². The number of carbonyl (C=O) groups excluding carboxylic acids is 3. The summed E-state index contributed by atoms with van der Waals surface area (Å²) >= 11 is 0. The molecule has 4 aliphatic rings. The van der Waals surface area contributed by atoms with Gasteiger partial charge in [-0.15, -0.1) is 5.76 Å². The molecule has 0 aromatic heterocycles. The Hall–Kier alpha value is -3.43. The van der Waals surface area contributed by atoms with Gasteiger partial charge in [0.2, 0.25) is 12.1 Å². The molecule has 6 atom stereocenters. The predicted molar refractivity (Wildman–Crippen MR) is 112 cm³/mol. The number of allylic oxidation sites excluding steroid dienone is 8. The fourth-order valence-corrected chi connectivity index (χ4v) is 5.62. The van der Waals surface area contributed by atoms with Gasteiger partial charge in [-0.3, -0.25) is 34.6 Å². The van der Waals surface area contributed by atoms with Crippen molar-refractivity contribution < 1.29 is 29.3 Å². The standard InChI is InChI=1S/C23H24N2O8/c26-20-14-8-6-12(24(30)31)10-18(14)22(28)16(20)4-2-1-3-5-17-21(27)15-9-7-13(25(32)33)11-19(15)23(17)29/h1-5,12-15,18-19,28H,6-11H2/p-1. The van der Waals surface area contributed by atoms with Crippen LogP contribution in [-0.4, -0.2) is 39.3 Å². The van der Waals surface area contributed by atoms with E-state index in [1.54, 1.807) is 0 Å². The van der Waals surface area contributed by atoms with E-state index < -0.39 is 45.6 Å². The second kappa shape index (κ2) is 8.84. The van der Waals surface area contributed by atoms with E-state index in [-0.39, 0.29) is 59.9 Å². The van der Waals surface area contributed by atoms with Crippen molar-refractivity contribution in [3.8, 4) is 0 Å². The van der Waals surface area contributed by atoms with Crippen molar-refractivity contribution in [2.24, 2.45) is 23.7 Å². The van der Waals surface area contributed by atoms with E-state index >= 15 is 0 Å². The van der Waals surface area contributed by atoms with Crippen LogP contribution in [0.15, 0.2) is 47.3 Å². The van der Waals surface area contributed by atoms with E-state index in [4.69, 9.17) is 0 Å². The first-order chi connectivity index (χ1) is 15.7. The third-order valence-corrected chi connectivity index (χ3v) is 7.40. The summed E-state index contributed by atoms with van der Waals surface area (Å²) < 4.78 is 0. The molecule has 10 heteroatoms. The molecule has 4 aliphatic carbocycles. The molecule has 0 heterocycles. The minimum Gasteiger partial charge on any atom is -0.875 e. The van der Waals surface area contributed by atoms with Crippen LogP contribution in [0.25, 0.3) is 0 Å². The Morgan fingerprint density at radius 2 is 1.24 bits per heavy atom. The van der Waals surface area contributed by atoms with E-state index in [2.05, 4.69) is 0 Å². The molecular formula is C23H23N2O8-. The molecule has 174 valence electrons. The average Bonchev–Trinajstić information content (AvgIpc) is 3.18. The van der Waals surface area contributed by atoms with Crippen LogP contribution in [-0.2, 0) is 14.4 Å².